The summed E-state index contributed by atoms with van der Waals surface area (Å²) in [5.74, 6) is 0.102. The van der Waals surface area contributed by atoms with E-state index in [1.165, 1.54) is 0 Å². The molecule has 0 amide bonds. The number of benzene rings is 2. The Morgan fingerprint density at radius 2 is 1.93 bits per heavy atom. The lowest BCUT2D eigenvalue weighted by Gasteiger charge is -2.12. The number of ketones is 1. The molecule has 0 N–H and O–H groups in total. The molecule has 4 rings (SSSR count). The molecule has 0 saturated heterocycles. The summed E-state index contributed by atoms with van der Waals surface area (Å²) in [6, 6.07) is 17.9. The largest absolute Gasteiger partial charge is 0.312 e. The third-order valence-electron chi connectivity index (χ3n) is 5.04. The maximum Gasteiger partial charge on any atom is 0.191 e. The van der Waals surface area contributed by atoms with Gasteiger partial charge in [-0.05, 0) is 30.2 Å². The number of rotatable bonds is 7. The summed E-state index contributed by atoms with van der Waals surface area (Å²) >= 11 is 1.65. The number of carbonyl (C=O) groups excluding carboxylic acids is 1. The molecule has 2 aromatic heterocycles. The van der Waals surface area contributed by atoms with Crippen LogP contribution in [0.25, 0.3) is 11.3 Å². The molecule has 2 aromatic carbocycles. The topological polar surface area (TPSA) is 65.6 Å². The van der Waals surface area contributed by atoms with E-state index in [9.17, 15) is 4.79 Å². The molecule has 6 nitrogen and oxygen atoms in total. The van der Waals surface area contributed by atoms with Crippen molar-refractivity contribution in [2.45, 2.75) is 23.8 Å². The van der Waals surface area contributed by atoms with Crippen LogP contribution in [-0.2, 0) is 20.5 Å². The van der Waals surface area contributed by atoms with Crippen LogP contribution >= 0.6 is 11.8 Å². The van der Waals surface area contributed by atoms with Gasteiger partial charge in [-0.15, -0.1) is 10.2 Å². The third-order valence-corrected chi connectivity index (χ3v) is 6.24. The summed E-state index contributed by atoms with van der Waals surface area (Å²) in [5.41, 5.74) is 4.86. The zero-order valence-electron chi connectivity index (χ0n) is 17.2. The van der Waals surface area contributed by atoms with Crippen LogP contribution in [-0.4, -0.2) is 30.3 Å². The summed E-state index contributed by atoms with van der Waals surface area (Å²) in [4.78, 5) is 13.0. The fourth-order valence-corrected chi connectivity index (χ4v) is 4.26. The standard InChI is InChI=1S/C23H23N5OS/c1-16(30-23-26-24-15-27(23)2)18-7-4-6-17(12-18)13-22(29)20-9-5-8-19(14-20)21-10-11-25-28(21)3/h4-12,14-16H,13H2,1-3H3/t16-/m0/s1. The van der Waals surface area contributed by atoms with Gasteiger partial charge in [0.2, 0.25) is 0 Å². The van der Waals surface area contributed by atoms with Gasteiger partial charge in [-0.1, -0.05) is 54.2 Å². The highest BCUT2D eigenvalue weighted by Crippen LogP contribution is 2.33. The molecule has 0 bridgehead atoms. The Labute approximate surface area is 180 Å². The van der Waals surface area contributed by atoms with Crippen LogP contribution in [0.3, 0.4) is 0 Å². The van der Waals surface area contributed by atoms with Gasteiger partial charge in [-0.2, -0.15) is 5.10 Å². The van der Waals surface area contributed by atoms with Crippen molar-refractivity contribution in [1.29, 1.82) is 0 Å². The molecular formula is C23H23N5OS. The van der Waals surface area contributed by atoms with E-state index in [0.29, 0.717) is 12.0 Å². The summed E-state index contributed by atoms with van der Waals surface area (Å²) in [6.45, 7) is 2.14. The number of Topliss-reactive ketones (excluding diaryl/α,β-unsaturated/α-hetero) is 1. The number of thioether (sulfide) groups is 1. The summed E-state index contributed by atoms with van der Waals surface area (Å²) in [6.07, 6.45) is 3.82. The second-order valence-corrected chi connectivity index (χ2v) is 8.56. The van der Waals surface area contributed by atoms with Crippen molar-refractivity contribution >= 4 is 17.5 Å². The highest BCUT2D eigenvalue weighted by Gasteiger charge is 2.14. The Bertz CT molecular complexity index is 1180. The lowest BCUT2D eigenvalue weighted by molar-refractivity contribution is 0.0993. The molecule has 7 heteroatoms. The van der Waals surface area contributed by atoms with E-state index in [0.717, 1.165) is 27.5 Å². The molecule has 0 aliphatic carbocycles. The molecule has 1 atom stereocenters. The first-order valence-electron chi connectivity index (χ1n) is 9.72. The van der Waals surface area contributed by atoms with Crippen LogP contribution in [0, 0.1) is 0 Å². The van der Waals surface area contributed by atoms with Crippen molar-refractivity contribution in [3.63, 3.8) is 0 Å². The summed E-state index contributed by atoms with van der Waals surface area (Å²) in [7, 11) is 3.83. The van der Waals surface area contributed by atoms with Gasteiger partial charge in [0, 0.05) is 43.1 Å². The predicted octanol–water partition coefficient (Wildman–Crippen LogP) is 4.49. The average Bonchev–Trinajstić information content (AvgIpc) is 3.36. The fraction of sp³-hybridized carbons (Fsp3) is 0.217. The Balaban J connectivity index is 1.49. The minimum absolute atomic E-state index is 0.102. The molecule has 152 valence electrons. The first-order valence-corrected chi connectivity index (χ1v) is 10.6. The van der Waals surface area contributed by atoms with Gasteiger partial charge in [-0.3, -0.25) is 9.48 Å². The Hall–Kier alpha value is -3.19. The number of aryl methyl sites for hydroxylation is 2. The van der Waals surface area contributed by atoms with Gasteiger partial charge in [-0.25, -0.2) is 0 Å². The Morgan fingerprint density at radius 1 is 1.10 bits per heavy atom. The normalized spacial score (nSPS) is 12.1. The van der Waals surface area contributed by atoms with E-state index in [1.807, 2.05) is 65.8 Å². The van der Waals surface area contributed by atoms with Gasteiger partial charge in [0.25, 0.3) is 0 Å². The summed E-state index contributed by atoms with van der Waals surface area (Å²) in [5, 5.41) is 13.4. The van der Waals surface area contributed by atoms with Crippen LogP contribution in [0.5, 0.6) is 0 Å². The zero-order chi connectivity index (χ0) is 21.1. The highest BCUT2D eigenvalue weighted by molar-refractivity contribution is 7.99. The second kappa shape index (κ2) is 8.67. The van der Waals surface area contributed by atoms with E-state index in [2.05, 4.69) is 34.4 Å². The van der Waals surface area contributed by atoms with Crippen LogP contribution in [0.4, 0.5) is 0 Å². The zero-order valence-corrected chi connectivity index (χ0v) is 18.0. The fourth-order valence-electron chi connectivity index (χ4n) is 3.36. The molecule has 0 spiro atoms. The van der Waals surface area contributed by atoms with Crippen molar-refractivity contribution in [1.82, 2.24) is 24.5 Å². The predicted molar refractivity (Wildman–Crippen MR) is 118 cm³/mol. The molecule has 4 aromatic rings. The summed E-state index contributed by atoms with van der Waals surface area (Å²) < 4.78 is 3.72. The molecule has 0 aliphatic heterocycles. The lowest BCUT2D eigenvalue weighted by atomic mass is 9.99. The molecule has 0 fully saturated rings. The van der Waals surface area contributed by atoms with E-state index in [1.54, 1.807) is 24.3 Å². The van der Waals surface area contributed by atoms with E-state index in [4.69, 9.17) is 0 Å². The van der Waals surface area contributed by atoms with Crippen LogP contribution in [0.15, 0.2) is 72.3 Å². The lowest BCUT2D eigenvalue weighted by Crippen LogP contribution is -2.05. The van der Waals surface area contributed by atoms with Crippen LogP contribution in [0.1, 0.15) is 33.7 Å². The van der Waals surface area contributed by atoms with Crippen molar-refractivity contribution in [2.75, 3.05) is 0 Å². The maximum atomic E-state index is 13.0. The number of hydrogen-bond donors (Lipinski definition) is 0. The molecule has 30 heavy (non-hydrogen) atoms. The van der Waals surface area contributed by atoms with Gasteiger partial charge >= 0.3 is 0 Å². The minimum atomic E-state index is 0.102. The van der Waals surface area contributed by atoms with Crippen molar-refractivity contribution in [2.24, 2.45) is 14.1 Å². The Kier molecular flexibility index (Phi) is 5.81. The average molecular weight is 418 g/mol. The van der Waals surface area contributed by atoms with Gasteiger partial charge in [0.1, 0.15) is 6.33 Å². The quantitative estimate of drug-likeness (QED) is 0.327. The highest BCUT2D eigenvalue weighted by atomic mass is 32.2. The van der Waals surface area contributed by atoms with Gasteiger partial charge in [0.15, 0.2) is 10.9 Å². The van der Waals surface area contributed by atoms with Crippen LogP contribution in [0.2, 0.25) is 0 Å². The number of carbonyl (C=O) groups is 1. The molecule has 0 saturated carbocycles. The van der Waals surface area contributed by atoms with Gasteiger partial charge in [0.05, 0.1) is 5.69 Å². The monoisotopic (exact) mass is 417 g/mol. The third kappa shape index (κ3) is 4.36. The molecule has 2 heterocycles. The first kappa shape index (κ1) is 20.1. The number of hydrogen-bond acceptors (Lipinski definition) is 5. The molecular weight excluding hydrogens is 394 g/mol. The SMILES string of the molecule is C[C@H](Sc1nncn1C)c1cccc(CC(=O)c2cccc(-c3ccnn3C)c2)c1. The molecule has 0 radical (unpaired) electrons. The van der Waals surface area contributed by atoms with E-state index >= 15 is 0 Å². The van der Waals surface area contributed by atoms with Gasteiger partial charge < -0.3 is 4.57 Å². The van der Waals surface area contributed by atoms with E-state index < -0.39 is 0 Å². The smallest absolute Gasteiger partial charge is 0.191 e. The van der Waals surface area contributed by atoms with Crippen molar-refractivity contribution < 1.29 is 4.79 Å². The number of nitrogens with zero attached hydrogens (tertiary/aromatic N) is 5. The molecule has 0 aliphatic rings. The second-order valence-electron chi connectivity index (χ2n) is 7.25. The number of aromatic nitrogens is 5. The minimum Gasteiger partial charge on any atom is -0.312 e. The van der Waals surface area contributed by atoms with Crippen LogP contribution < -0.4 is 0 Å². The van der Waals surface area contributed by atoms with Crippen molar-refractivity contribution in [3.8, 4) is 11.3 Å². The van der Waals surface area contributed by atoms with E-state index in [-0.39, 0.29) is 11.0 Å². The first-order chi connectivity index (χ1) is 14.5. The Morgan fingerprint density at radius 3 is 2.67 bits per heavy atom. The molecule has 0 unspecified atom stereocenters. The maximum absolute atomic E-state index is 13.0. The van der Waals surface area contributed by atoms with Crippen molar-refractivity contribution in [3.05, 3.63) is 83.8 Å².